The minimum Gasteiger partial charge on any atom is -0.431 e. The summed E-state index contributed by atoms with van der Waals surface area (Å²) >= 11 is 1.18. The van der Waals surface area contributed by atoms with Crippen LogP contribution in [0.25, 0.3) is 11.1 Å². The number of thioether (sulfide) groups is 1. The van der Waals surface area contributed by atoms with Gasteiger partial charge in [-0.15, -0.1) is 0 Å². The number of nitrogen functional groups attached to an aromatic ring is 1. The van der Waals surface area contributed by atoms with Crippen LogP contribution in [0.4, 0.5) is 11.5 Å². The first-order valence-corrected chi connectivity index (χ1v) is 11.9. The fourth-order valence-electron chi connectivity index (χ4n) is 4.13. The molecule has 1 aliphatic carbocycles. The number of nitrogens with zero attached hydrogens (tertiary/aromatic N) is 3. The van der Waals surface area contributed by atoms with Crippen molar-refractivity contribution in [3.8, 4) is 0 Å². The molecule has 0 aliphatic heterocycles. The number of aromatic nitrogens is 3. The van der Waals surface area contributed by atoms with Gasteiger partial charge in [-0.2, -0.15) is 0 Å². The van der Waals surface area contributed by atoms with Crippen molar-refractivity contribution in [1.29, 1.82) is 0 Å². The lowest BCUT2D eigenvalue weighted by Crippen LogP contribution is -2.46. The van der Waals surface area contributed by atoms with Crippen molar-refractivity contribution >= 4 is 40.3 Å². The van der Waals surface area contributed by atoms with Crippen LogP contribution in [-0.2, 0) is 11.3 Å². The lowest BCUT2D eigenvalue weighted by Gasteiger charge is -2.29. The first-order chi connectivity index (χ1) is 15.5. The van der Waals surface area contributed by atoms with Gasteiger partial charge in [0.05, 0.1) is 5.75 Å². The molecule has 0 radical (unpaired) electrons. The molecule has 9 nitrogen and oxygen atoms in total. The van der Waals surface area contributed by atoms with Crippen LogP contribution in [0.1, 0.15) is 45.4 Å². The maximum atomic E-state index is 13.4. The van der Waals surface area contributed by atoms with Gasteiger partial charge in [-0.1, -0.05) is 50.1 Å². The molecule has 170 valence electrons. The predicted molar refractivity (Wildman–Crippen MR) is 125 cm³/mol. The monoisotopic (exact) mass is 457 g/mol. The molecular weight excluding hydrogens is 430 g/mol. The Balaban J connectivity index is 1.64. The molecule has 1 saturated carbocycles. The van der Waals surface area contributed by atoms with Crippen molar-refractivity contribution in [3.63, 3.8) is 0 Å². The Morgan fingerprint density at radius 2 is 2.06 bits per heavy atom. The Morgan fingerprint density at radius 1 is 1.31 bits per heavy atom. The third-order valence-electron chi connectivity index (χ3n) is 5.74. The van der Waals surface area contributed by atoms with Crippen molar-refractivity contribution in [3.05, 3.63) is 45.1 Å². The van der Waals surface area contributed by atoms with Gasteiger partial charge < -0.3 is 15.1 Å². The predicted octanol–water partition coefficient (Wildman–Crippen LogP) is 3.13. The number of carbonyl (C=O) groups is 1. The number of fused-ring (bicyclic) bond motifs is 1. The number of nitrogens with two attached hydrogens (primary N) is 1. The minimum atomic E-state index is -0.632. The number of H-pyrrole nitrogens is 1. The number of aromatic amines is 1. The highest BCUT2D eigenvalue weighted by molar-refractivity contribution is 7.99. The number of hydrogen-bond acceptors (Lipinski definition) is 7. The van der Waals surface area contributed by atoms with Crippen LogP contribution in [0.2, 0.25) is 0 Å². The van der Waals surface area contributed by atoms with E-state index in [1.807, 2.05) is 31.2 Å². The zero-order chi connectivity index (χ0) is 22.7. The third kappa shape index (κ3) is 4.45. The highest BCUT2D eigenvalue weighted by Crippen LogP contribution is 2.31. The second kappa shape index (κ2) is 9.64. The zero-order valence-electron chi connectivity index (χ0n) is 18.0. The van der Waals surface area contributed by atoms with E-state index < -0.39 is 11.2 Å². The molecule has 0 unspecified atom stereocenters. The van der Waals surface area contributed by atoms with Gasteiger partial charge in [-0.05, 0) is 31.4 Å². The molecule has 2 aromatic heterocycles. The van der Waals surface area contributed by atoms with Gasteiger partial charge in [0, 0.05) is 12.6 Å². The van der Waals surface area contributed by atoms with Gasteiger partial charge >= 0.3 is 5.69 Å². The fraction of sp³-hybridized carbons (Fsp3) is 0.455. The molecule has 0 atom stereocenters. The summed E-state index contributed by atoms with van der Waals surface area (Å²) in [7, 11) is 0. The number of carbonyl (C=O) groups excluding carboxylic acids is 1. The second-order valence-corrected chi connectivity index (χ2v) is 8.86. The summed E-state index contributed by atoms with van der Waals surface area (Å²) in [5, 5.41) is 0.390. The average Bonchev–Trinajstić information content (AvgIpc) is 3.44. The topological polar surface area (TPSA) is 127 Å². The van der Waals surface area contributed by atoms with E-state index in [9.17, 15) is 14.4 Å². The van der Waals surface area contributed by atoms with E-state index in [0.717, 1.165) is 44.0 Å². The van der Waals surface area contributed by atoms with Crippen molar-refractivity contribution in [2.24, 2.45) is 0 Å². The Bertz CT molecular complexity index is 1190. The average molecular weight is 458 g/mol. The lowest BCUT2D eigenvalue weighted by atomic mass is 10.2. The van der Waals surface area contributed by atoms with Crippen LogP contribution in [0, 0.1) is 0 Å². The summed E-state index contributed by atoms with van der Waals surface area (Å²) < 4.78 is 7.05. The van der Waals surface area contributed by atoms with Crippen molar-refractivity contribution in [2.45, 2.75) is 63.3 Å². The Morgan fingerprint density at radius 3 is 2.78 bits per heavy atom. The maximum absolute atomic E-state index is 13.4. The smallest absolute Gasteiger partial charge is 0.330 e. The summed E-state index contributed by atoms with van der Waals surface area (Å²) in [5.74, 6) is -0.183. The maximum Gasteiger partial charge on any atom is 0.330 e. The number of anilines is 2. The molecule has 1 aliphatic rings. The number of amides is 1. The van der Waals surface area contributed by atoms with Gasteiger partial charge in [0.2, 0.25) is 5.91 Å². The van der Waals surface area contributed by atoms with E-state index >= 15 is 0 Å². The molecule has 1 aromatic carbocycles. The number of nitrogens with one attached hydrogen (secondary N) is 1. The number of hydrogen-bond donors (Lipinski definition) is 2. The molecule has 1 amide bonds. The standard InChI is InChI=1S/C22H27N5O4S/c1-2-3-12-26-19(23)18(20(29)25-21(26)30)27(14-8-4-5-9-14)17(28)13-32-22-24-15-10-6-7-11-16(15)31-22/h6-7,10-11,14H,2-5,8-9,12-13,23H2,1H3,(H,25,29,30). The quantitative estimate of drug-likeness (QED) is 0.498. The summed E-state index contributed by atoms with van der Waals surface area (Å²) in [6, 6.07) is 7.26. The molecule has 2 heterocycles. The Hall–Kier alpha value is -3.01. The van der Waals surface area contributed by atoms with Crippen molar-refractivity contribution in [1.82, 2.24) is 14.5 Å². The van der Waals surface area contributed by atoms with Gasteiger partial charge in [-0.25, -0.2) is 9.78 Å². The lowest BCUT2D eigenvalue weighted by molar-refractivity contribution is -0.116. The molecule has 3 aromatic rings. The molecule has 0 spiro atoms. The van der Waals surface area contributed by atoms with Crippen LogP contribution < -0.4 is 21.9 Å². The van der Waals surface area contributed by atoms with Crippen LogP contribution >= 0.6 is 11.8 Å². The number of para-hydroxylation sites is 2. The molecule has 0 bridgehead atoms. The third-order valence-corrected chi connectivity index (χ3v) is 6.56. The molecule has 32 heavy (non-hydrogen) atoms. The van der Waals surface area contributed by atoms with Gasteiger partial charge in [0.1, 0.15) is 11.3 Å². The molecule has 10 heteroatoms. The van der Waals surface area contributed by atoms with Crippen molar-refractivity contribution in [2.75, 3.05) is 16.4 Å². The number of benzene rings is 1. The van der Waals surface area contributed by atoms with Gasteiger partial charge in [-0.3, -0.25) is 19.1 Å². The molecule has 3 N–H and O–H groups in total. The highest BCUT2D eigenvalue weighted by atomic mass is 32.2. The van der Waals surface area contributed by atoms with Crippen LogP contribution in [-0.4, -0.2) is 32.2 Å². The van der Waals surface area contributed by atoms with E-state index in [2.05, 4.69) is 9.97 Å². The molecule has 0 saturated heterocycles. The van der Waals surface area contributed by atoms with E-state index in [-0.39, 0.29) is 29.2 Å². The van der Waals surface area contributed by atoms with Crippen LogP contribution in [0.15, 0.2) is 43.5 Å². The van der Waals surface area contributed by atoms with E-state index in [1.54, 1.807) is 0 Å². The summed E-state index contributed by atoms with van der Waals surface area (Å²) in [6.07, 6.45) is 5.12. The zero-order valence-corrected chi connectivity index (χ0v) is 18.8. The van der Waals surface area contributed by atoms with E-state index in [1.165, 1.54) is 21.2 Å². The fourth-order valence-corrected chi connectivity index (χ4v) is 4.83. The Labute approximate surface area is 189 Å². The largest absolute Gasteiger partial charge is 0.431 e. The molecule has 1 fully saturated rings. The summed E-state index contributed by atoms with van der Waals surface area (Å²) in [6.45, 7) is 2.39. The highest BCUT2D eigenvalue weighted by Gasteiger charge is 2.32. The summed E-state index contributed by atoms with van der Waals surface area (Å²) in [4.78, 5) is 46.7. The SMILES string of the molecule is CCCCn1c(N)c(N(C(=O)CSc2nc3ccccc3o2)C2CCCC2)c(=O)[nH]c1=O. The van der Waals surface area contributed by atoms with Crippen LogP contribution in [0.5, 0.6) is 0 Å². The number of oxazole rings is 1. The van der Waals surface area contributed by atoms with Crippen molar-refractivity contribution < 1.29 is 9.21 Å². The normalized spacial score (nSPS) is 14.3. The molecule has 4 rings (SSSR count). The number of rotatable bonds is 8. The Kier molecular flexibility index (Phi) is 6.69. The first-order valence-electron chi connectivity index (χ1n) is 10.9. The van der Waals surface area contributed by atoms with Gasteiger partial charge in [0.25, 0.3) is 10.8 Å². The summed E-state index contributed by atoms with van der Waals surface area (Å²) in [5.41, 5.74) is 6.56. The number of unbranched alkanes of at least 4 members (excludes halogenated alkanes) is 1. The van der Waals surface area contributed by atoms with Crippen LogP contribution in [0.3, 0.4) is 0 Å². The first kappa shape index (κ1) is 22.2. The van der Waals surface area contributed by atoms with E-state index in [4.69, 9.17) is 10.2 Å². The minimum absolute atomic E-state index is 0.0380. The van der Waals surface area contributed by atoms with Gasteiger partial charge in [0.15, 0.2) is 11.3 Å². The van der Waals surface area contributed by atoms with E-state index in [0.29, 0.717) is 17.4 Å². The molecular formula is C22H27N5O4S. The second-order valence-electron chi connectivity index (χ2n) is 7.94.